The molecule has 0 aliphatic heterocycles. The predicted molar refractivity (Wildman–Crippen MR) is 86.8 cm³/mol. The number of hydrogen-bond donors (Lipinski definition) is 1. The summed E-state index contributed by atoms with van der Waals surface area (Å²) in [5.74, 6) is 0. The fourth-order valence-electron chi connectivity index (χ4n) is 2.54. The highest BCUT2D eigenvalue weighted by molar-refractivity contribution is 6.30. The van der Waals surface area contributed by atoms with Crippen LogP contribution in [0.4, 0.5) is 0 Å². The fraction of sp³-hybridized carbons (Fsp3) is 0.647. The van der Waals surface area contributed by atoms with Gasteiger partial charge in [0.2, 0.25) is 0 Å². The first-order valence-electron chi connectivity index (χ1n) is 7.95. The Bertz CT molecular complexity index is 410. The monoisotopic (exact) mass is 311 g/mol. The molecule has 3 atom stereocenters. The van der Waals surface area contributed by atoms with Gasteiger partial charge in [-0.1, -0.05) is 37.6 Å². The van der Waals surface area contributed by atoms with Crippen LogP contribution >= 0.6 is 11.6 Å². The fourth-order valence-corrected chi connectivity index (χ4v) is 2.66. The predicted octanol–water partition coefficient (Wildman–Crippen LogP) is 3.79. The molecule has 1 N–H and O–H groups in total. The molecule has 0 bridgehead atoms. The SMILES string of the molecule is CCCNC1CC(OCc2ccc(Cl)cc2)C1OCCC. The lowest BCUT2D eigenvalue weighted by atomic mass is 9.85. The molecule has 0 aromatic heterocycles. The molecule has 1 aliphatic carbocycles. The summed E-state index contributed by atoms with van der Waals surface area (Å²) in [6.45, 7) is 6.78. The lowest BCUT2D eigenvalue weighted by Gasteiger charge is -2.44. The van der Waals surface area contributed by atoms with Gasteiger partial charge in [-0.05, 0) is 43.5 Å². The van der Waals surface area contributed by atoms with Crippen LogP contribution in [0.15, 0.2) is 24.3 Å². The van der Waals surface area contributed by atoms with Gasteiger partial charge in [0, 0.05) is 17.7 Å². The summed E-state index contributed by atoms with van der Waals surface area (Å²) >= 11 is 5.89. The van der Waals surface area contributed by atoms with E-state index in [1.807, 2.05) is 24.3 Å². The third-order valence-corrected chi connectivity index (χ3v) is 4.05. The summed E-state index contributed by atoms with van der Waals surface area (Å²) in [5.41, 5.74) is 1.15. The molecule has 0 heterocycles. The standard InChI is InChI=1S/C17H26ClNO2/c1-3-9-19-15-11-16(17(15)20-10-4-2)21-12-13-5-7-14(18)8-6-13/h5-8,15-17,19H,3-4,9-12H2,1-2H3. The van der Waals surface area contributed by atoms with Gasteiger partial charge in [-0.2, -0.15) is 0 Å². The maximum atomic E-state index is 6.02. The molecule has 1 fully saturated rings. The van der Waals surface area contributed by atoms with Gasteiger partial charge in [-0.25, -0.2) is 0 Å². The molecule has 0 saturated heterocycles. The molecule has 118 valence electrons. The second kappa shape index (κ2) is 8.74. The number of hydrogen-bond acceptors (Lipinski definition) is 3. The molecule has 0 amide bonds. The third-order valence-electron chi connectivity index (χ3n) is 3.80. The Labute approximate surface area is 133 Å². The van der Waals surface area contributed by atoms with Crippen molar-refractivity contribution in [3.63, 3.8) is 0 Å². The Hall–Kier alpha value is -0.610. The van der Waals surface area contributed by atoms with Gasteiger partial charge in [0.25, 0.3) is 0 Å². The van der Waals surface area contributed by atoms with Gasteiger partial charge in [-0.15, -0.1) is 0 Å². The molecule has 1 aromatic rings. The Balaban J connectivity index is 1.79. The number of halogens is 1. The summed E-state index contributed by atoms with van der Waals surface area (Å²) in [6.07, 6.45) is 3.60. The van der Waals surface area contributed by atoms with Crippen molar-refractivity contribution in [3.05, 3.63) is 34.9 Å². The van der Waals surface area contributed by atoms with Gasteiger partial charge in [0.05, 0.1) is 18.8 Å². The van der Waals surface area contributed by atoms with Crippen molar-refractivity contribution in [2.45, 2.75) is 58.0 Å². The van der Waals surface area contributed by atoms with Crippen molar-refractivity contribution in [2.75, 3.05) is 13.2 Å². The average molecular weight is 312 g/mol. The summed E-state index contributed by atoms with van der Waals surface area (Å²) in [6, 6.07) is 8.26. The van der Waals surface area contributed by atoms with E-state index in [4.69, 9.17) is 21.1 Å². The Morgan fingerprint density at radius 3 is 2.57 bits per heavy atom. The Morgan fingerprint density at radius 2 is 1.90 bits per heavy atom. The van der Waals surface area contributed by atoms with Gasteiger partial charge >= 0.3 is 0 Å². The van der Waals surface area contributed by atoms with Crippen molar-refractivity contribution in [3.8, 4) is 0 Å². The number of benzene rings is 1. The highest BCUT2D eigenvalue weighted by Crippen LogP contribution is 2.28. The lowest BCUT2D eigenvalue weighted by Crippen LogP contribution is -2.60. The van der Waals surface area contributed by atoms with E-state index in [-0.39, 0.29) is 12.2 Å². The van der Waals surface area contributed by atoms with Crippen LogP contribution in [0.2, 0.25) is 5.02 Å². The van der Waals surface area contributed by atoms with E-state index in [1.54, 1.807) is 0 Å². The molecular formula is C17H26ClNO2. The topological polar surface area (TPSA) is 30.5 Å². The largest absolute Gasteiger partial charge is 0.374 e. The molecule has 1 aromatic carbocycles. The molecule has 3 unspecified atom stereocenters. The first-order valence-corrected chi connectivity index (χ1v) is 8.33. The molecule has 1 aliphatic rings. The van der Waals surface area contributed by atoms with Crippen LogP contribution in [0.5, 0.6) is 0 Å². The normalized spacial score (nSPS) is 24.8. The molecule has 3 nitrogen and oxygen atoms in total. The number of nitrogens with one attached hydrogen (secondary N) is 1. The van der Waals surface area contributed by atoms with Crippen LogP contribution in [-0.2, 0) is 16.1 Å². The zero-order chi connectivity index (χ0) is 15.1. The van der Waals surface area contributed by atoms with E-state index >= 15 is 0 Å². The van der Waals surface area contributed by atoms with E-state index in [2.05, 4.69) is 19.2 Å². The van der Waals surface area contributed by atoms with Crippen molar-refractivity contribution < 1.29 is 9.47 Å². The molecule has 1 saturated carbocycles. The zero-order valence-corrected chi connectivity index (χ0v) is 13.7. The van der Waals surface area contributed by atoms with E-state index < -0.39 is 0 Å². The van der Waals surface area contributed by atoms with E-state index in [1.165, 1.54) is 0 Å². The van der Waals surface area contributed by atoms with E-state index in [0.717, 1.165) is 43.0 Å². The summed E-state index contributed by atoms with van der Waals surface area (Å²) in [4.78, 5) is 0. The molecule has 0 radical (unpaired) electrons. The van der Waals surface area contributed by atoms with Crippen LogP contribution in [0.3, 0.4) is 0 Å². The minimum absolute atomic E-state index is 0.184. The van der Waals surface area contributed by atoms with Gasteiger partial charge < -0.3 is 14.8 Å². The van der Waals surface area contributed by atoms with Gasteiger partial charge in [-0.3, -0.25) is 0 Å². The number of ether oxygens (including phenoxy) is 2. The van der Waals surface area contributed by atoms with Crippen molar-refractivity contribution in [1.29, 1.82) is 0 Å². The molecule has 4 heteroatoms. The lowest BCUT2D eigenvalue weighted by molar-refractivity contribution is -0.152. The van der Waals surface area contributed by atoms with Crippen LogP contribution < -0.4 is 5.32 Å². The second-order valence-electron chi connectivity index (χ2n) is 5.61. The quantitative estimate of drug-likeness (QED) is 0.752. The maximum Gasteiger partial charge on any atom is 0.0990 e. The Kier molecular flexibility index (Phi) is 6.97. The van der Waals surface area contributed by atoms with Gasteiger partial charge in [0.15, 0.2) is 0 Å². The van der Waals surface area contributed by atoms with Crippen LogP contribution in [0.1, 0.15) is 38.7 Å². The highest BCUT2D eigenvalue weighted by Gasteiger charge is 2.42. The molecule has 21 heavy (non-hydrogen) atoms. The highest BCUT2D eigenvalue weighted by atomic mass is 35.5. The van der Waals surface area contributed by atoms with Crippen molar-refractivity contribution >= 4 is 11.6 Å². The van der Waals surface area contributed by atoms with Gasteiger partial charge in [0.1, 0.15) is 0 Å². The molecule has 2 rings (SSSR count). The minimum Gasteiger partial charge on any atom is -0.374 e. The smallest absolute Gasteiger partial charge is 0.0990 e. The molecule has 0 spiro atoms. The summed E-state index contributed by atoms with van der Waals surface area (Å²) in [7, 11) is 0. The average Bonchev–Trinajstić information content (AvgIpc) is 2.48. The Morgan fingerprint density at radius 1 is 1.14 bits per heavy atom. The summed E-state index contributed by atoms with van der Waals surface area (Å²) in [5, 5.41) is 4.30. The third kappa shape index (κ3) is 4.96. The second-order valence-corrected chi connectivity index (χ2v) is 6.04. The summed E-state index contributed by atoms with van der Waals surface area (Å²) < 4.78 is 12.0. The minimum atomic E-state index is 0.184. The maximum absolute atomic E-state index is 6.02. The number of rotatable bonds is 9. The van der Waals surface area contributed by atoms with Crippen LogP contribution in [0.25, 0.3) is 0 Å². The van der Waals surface area contributed by atoms with E-state index in [9.17, 15) is 0 Å². The first-order chi connectivity index (χ1) is 10.2. The molecular weight excluding hydrogens is 286 g/mol. The van der Waals surface area contributed by atoms with Crippen LogP contribution in [-0.4, -0.2) is 31.4 Å². The van der Waals surface area contributed by atoms with Crippen LogP contribution in [0, 0.1) is 0 Å². The van der Waals surface area contributed by atoms with E-state index in [0.29, 0.717) is 12.6 Å². The zero-order valence-electron chi connectivity index (χ0n) is 13.0. The first kappa shape index (κ1) is 16.8. The van der Waals surface area contributed by atoms with Crippen molar-refractivity contribution in [2.24, 2.45) is 0 Å². The van der Waals surface area contributed by atoms with Crippen molar-refractivity contribution in [1.82, 2.24) is 5.32 Å².